The topological polar surface area (TPSA) is 47.8 Å². The molecule has 0 aliphatic carbocycles. The Balaban J connectivity index is 1.88. The molecule has 5 heteroatoms. The van der Waals surface area contributed by atoms with Gasteiger partial charge in [0.05, 0.1) is 19.1 Å². The van der Waals surface area contributed by atoms with Crippen LogP contribution in [0.1, 0.15) is 12.0 Å². The number of rotatable bonds is 3. The van der Waals surface area contributed by atoms with Gasteiger partial charge in [0, 0.05) is 17.7 Å². The Hall–Kier alpha value is -2.50. The first kappa shape index (κ1) is 16.4. The summed E-state index contributed by atoms with van der Waals surface area (Å²) in [6.07, 6.45) is 2.28. The number of thiocarbonyl (C=S) groups is 1. The predicted octanol–water partition coefficient (Wildman–Crippen LogP) is 1.68. The fourth-order valence-corrected chi connectivity index (χ4v) is 3.03. The molecule has 122 valence electrons. The summed E-state index contributed by atoms with van der Waals surface area (Å²) in [6, 6.07) is 14.3. The van der Waals surface area contributed by atoms with Crippen molar-refractivity contribution in [3.8, 4) is 5.75 Å². The lowest BCUT2D eigenvalue weighted by Gasteiger charge is -2.17. The summed E-state index contributed by atoms with van der Waals surface area (Å²) in [6.45, 7) is 0. The summed E-state index contributed by atoms with van der Waals surface area (Å²) in [5, 5.41) is 11.5. The molecule has 0 unspecified atom stereocenters. The molecule has 0 atom stereocenters. The van der Waals surface area contributed by atoms with Crippen LogP contribution >= 0.6 is 12.2 Å². The summed E-state index contributed by atoms with van der Waals surface area (Å²) in [5.41, 5.74) is 3.32. The molecule has 1 amide bonds. The smallest absolute Gasteiger partial charge is 0.259 e. The molecular weight excluding hydrogens is 320 g/mol. The first-order valence-electron chi connectivity index (χ1n) is 7.71. The monoisotopic (exact) mass is 338 g/mol. The Morgan fingerprint density at radius 1 is 1.17 bits per heavy atom. The minimum atomic E-state index is -0.159. The molecule has 0 spiro atoms. The highest BCUT2D eigenvalue weighted by molar-refractivity contribution is 7.80. The maximum atomic E-state index is 12.7. The van der Waals surface area contributed by atoms with Crippen LogP contribution in [-0.4, -0.2) is 25.0 Å². The number of amides is 1. The minimum Gasteiger partial charge on any atom is -0.872 e. The molecule has 0 aromatic heterocycles. The van der Waals surface area contributed by atoms with Crippen molar-refractivity contribution in [3.05, 3.63) is 59.7 Å². The first-order valence-corrected chi connectivity index (χ1v) is 8.12. The van der Waals surface area contributed by atoms with Crippen molar-refractivity contribution in [2.24, 2.45) is 0 Å². The Kier molecular flexibility index (Phi) is 4.46. The second-order valence-corrected chi connectivity index (χ2v) is 6.47. The van der Waals surface area contributed by atoms with E-state index < -0.39 is 0 Å². The van der Waals surface area contributed by atoms with E-state index in [0.717, 1.165) is 5.56 Å². The number of nitrogens with one attached hydrogen (secondary N) is 1. The fourth-order valence-electron chi connectivity index (χ4n) is 2.68. The lowest BCUT2D eigenvalue weighted by Crippen LogP contribution is -3.00. The van der Waals surface area contributed by atoms with Gasteiger partial charge in [-0.1, -0.05) is 24.4 Å². The second kappa shape index (κ2) is 6.55. The van der Waals surface area contributed by atoms with E-state index in [2.05, 4.69) is 14.1 Å². The predicted molar refractivity (Wildman–Crippen MR) is 97.5 cm³/mol. The summed E-state index contributed by atoms with van der Waals surface area (Å²) < 4.78 is 0. The quantitative estimate of drug-likeness (QED) is 0.684. The lowest BCUT2D eigenvalue weighted by molar-refractivity contribution is -0.786. The number of quaternary nitrogens is 1. The highest BCUT2D eigenvalue weighted by atomic mass is 32.1. The van der Waals surface area contributed by atoms with Crippen LogP contribution in [0.5, 0.6) is 5.75 Å². The first-order chi connectivity index (χ1) is 11.5. The summed E-state index contributed by atoms with van der Waals surface area (Å²) >= 11 is 5.35. The Bertz CT molecular complexity index is 826. The summed E-state index contributed by atoms with van der Waals surface area (Å²) in [5.74, 6) is -0.296. The van der Waals surface area contributed by atoms with Gasteiger partial charge in [-0.2, -0.15) is 0 Å². The number of benzene rings is 2. The molecule has 2 aromatic carbocycles. The molecule has 1 heterocycles. The number of hydrogen-bond donors (Lipinski definition) is 1. The number of hydrogen-bond acceptors (Lipinski definition) is 3. The number of carbonyl (C=O) groups is 1. The molecule has 0 radical (unpaired) electrons. The van der Waals surface area contributed by atoms with Crippen molar-refractivity contribution >= 4 is 40.6 Å². The van der Waals surface area contributed by atoms with Crippen LogP contribution in [0, 0.1) is 0 Å². The average Bonchev–Trinajstić information content (AvgIpc) is 2.82. The standard InChI is InChI=1S/C19H18N2O2S/c1-20(2)15-8-6-13(7-9-15)10-14-11-18(24)21(19(14)23)16-4-3-5-17(22)12-16/h3-10,12,22H,11H2,1-2H3. The van der Waals surface area contributed by atoms with Gasteiger partial charge in [-0.3, -0.25) is 9.69 Å². The van der Waals surface area contributed by atoms with E-state index in [9.17, 15) is 9.90 Å². The molecule has 2 aromatic rings. The van der Waals surface area contributed by atoms with Gasteiger partial charge in [0.15, 0.2) is 0 Å². The summed E-state index contributed by atoms with van der Waals surface area (Å²) in [4.78, 5) is 15.9. The van der Waals surface area contributed by atoms with Crippen LogP contribution < -0.4 is 14.9 Å². The van der Waals surface area contributed by atoms with E-state index in [-0.39, 0.29) is 11.7 Å². The maximum Gasteiger partial charge on any atom is 0.259 e. The molecule has 1 fully saturated rings. The number of carbonyl (C=O) groups excluding carboxylic acids is 1. The largest absolute Gasteiger partial charge is 0.872 e. The normalized spacial score (nSPS) is 16.5. The molecule has 0 bridgehead atoms. The zero-order valence-corrected chi connectivity index (χ0v) is 14.4. The van der Waals surface area contributed by atoms with Crippen molar-refractivity contribution < 1.29 is 14.8 Å². The van der Waals surface area contributed by atoms with E-state index in [0.29, 0.717) is 22.7 Å². The molecular formula is C19H18N2O2S. The fraction of sp³-hybridized carbons (Fsp3) is 0.158. The third-order valence-electron chi connectivity index (χ3n) is 3.97. The van der Waals surface area contributed by atoms with E-state index in [1.54, 1.807) is 12.1 Å². The maximum absolute atomic E-state index is 12.7. The third kappa shape index (κ3) is 3.22. The van der Waals surface area contributed by atoms with Crippen LogP contribution in [0.15, 0.2) is 54.1 Å². The van der Waals surface area contributed by atoms with E-state index >= 15 is 0 Å². The van der Waals surface area contributed by atoms with Crippen molar-refractivity contribution in [3.63, 3.8) is 0 Å². The minimum absolute atomic E-state index is 0.137. The molecule has 4 nitrogen and oxygen atoms in total. The molecule has 1 aliphatic heterocycles. The average molecular weight is 338 g/mol. The van der Waals surface area contributed by atoms with Crippen LogP contribution in [-0.2, 0) is 4.79 Å². The molecule has 1 N–H and O–H groups in total. The zero-order chi connectivity index (χ0) is 17.3. The van der Waals surface area contributed by atoms with Gasteiger partial charge in [0.1, 0.15) is 5.69 Å². The van der Waals surface area contributed by atoms with Crippen molar-refractivity contribution in [1.29, 1.82) is 0 Å². The Morgan fingerprint density at radius 3 is 2.50 bits per heavy atom. The molecule has 0 saturated carbocycles. The highest BCUT2D eigenvalue weighted by Crippen LogP contribution is 2.29. The second-order valence-electron chi connectivity index (χ2n) is 6.00. The van der Waals surface area contributed by atoms with Gasteiger partial charge in [-0.05, 0) is 48.0 Å². The van der Waals surface area contributed by atoms with Gasteiger partial charge in [-0.25, -0.2) is 0 Å². The van der Waals surface area contributed by atoms with Gasteiger partial charge >= 0.3 is 0 Å². The third-order valence-corrected chi connectivity index (χ3v) is 4.30. The Morgan fingerprint density at radius 2 is 1.88 bits per heavy atom. The Labute approximate surface area is 146 Å². The molecule has 3 rings (SSSR count). The van der Waals surface area contributed by atoms with Gasteiger partial charge in [0.25, 0.3) is 5.91 Å². The van der Waals surface area contributed by atoms with Crippen LogP contribution in [0.4, 0.5) is 11.4 Å². The van der Waals surface area contributed by atoms with Crippen LogP contribution in [0.25, 0.3) is 6.08 Å². The van der Waals surface area contributed by atoms with Crippen molar-refractivity contribution in [1.82, 2.24) is 0 Å². The van der Waals surface area contributed by atoms with Crippen LogP contribution in [0.3, 0.4) is 0 Å². The SMILES string of the molecule is C[NH+](C)c1ccc(C=C2CC(=S)N(c3cccc([O-])c3)C2=O)cc1. The van der Waals surface area contributed by atoms with E-state index in [1.807, 2.05) is 30.3 Å². The van der Waals surface area contributed by atoms with Crippen molar-refractivity contribution in [2.45, 2.75) is 6.42 Å². The lowest BCUT2D eigenvalue weighted by atomic mass is 10.1. The van der Waals surface area contributed by atoms with Gasteiger partial charge in [0.2, 0.25) is 0 Å². The van der Waals surface area contributed by atoms with Gasteiger partial charge in [-0.15, -0.1) is 5.75 Å². The van der Waals surface area contributed by atoms with E-state index in [4.69, 9.17) is 12.2 Å². The molecule has 1 saturated heterocycles. The van der Waals surface area contributed by atoms with Crippen molar-refractivity contribution in [2.75, 3.05) is 19.0 Å². The zero-order valence-electron chi connectivity index (χ0n) is 13.6. The molecule has 24 heavy (non-hydrogen) atoms. The number of anilines is 1. The van der Waals surface area contributed by atoms with E-state index in [1.165, 1.54) is 27.6 Å². The highest BCUT2D eigenvalue weighted by Gasteiger charge is 2.31. The number of nitrogens with zero attached hydrogens (tertiary/aromatic N) is 1. The molecule has 1 aliphatic rings. The van der Waals surface area contributed by atoms with Gasteiger partial charge < -0.3 is 10.0 Å². The van der Waals surface area contributed by atoms with Crippen LogP contribution in [0.2, 0.25) is 0 Å². The summed E-state index contributed by atoms with van der Waals surface area (Å²) in [7, 11) is 4.13.